The molecule has 2 nitrogen and oxygen atoms in total. The topological polar surface area (TPSA) is 18.5 Å². The van der Waals surface area contributed by atoms with Crippen molar-refractivity contribution in [2.75, 3.05) is 13.7 Å². The van der Waals surface area contributed by atoms with Gasteiger partial charge < -0.3 is 9.47 Å². The minimum atomic E-state index is -1.22. The second kappa shape index (κ2) is 6.34. The van der Waals surface area contributed by atoms with Gasteiger partial charge in [-0.05, 0) is 19.1 Å². The standard InChI is InChI=1S/C13H21O2PSi/c1-6-15-13(16-17(3,4)5)11-9-7-8-10-12(11)14-2/h7-10H,6H2,1-5H3. The highest BCUT2D eigenvalue weighted by atomic mass is 31.3. The van der Waals surface area contributed by atoms with E-state index in [1.165, 1.54) is 7.75 Å². The number of benzene rings is 1. The summed E-state index contributed by atoms with van der Waals surface area (Å²) in [6.45, 7) is 9.73. The number of rotatable bonds is 5. The Kier molecular flexibility index (Phi) is 5.38. The van der Waals surface area contributed by atoms with Gasteiger partial charge in [0.2, 0.25) is 0 Å². The van der Waals surface area contributed by atoms with Gasteiger partial charge in [0, 0.05) is 0 Å². The first-order valence-corrected chi connectivity index (χ1v) is 11.1. The van der Waals surface area contributed by atoms with Gasteiger partial charge in [0.05, 0.1) is 19.3 Å². The second-order valence-corrected chi connectivity index (χ2v) is 14.4. The van der Waals surface area contributed by atoms with Gasteiger partial charge in [-0.1, -0.05) is 39.5 Å². The lowest BCUT2D eigenvalue weighted by molar-refractivity contribution is 0.334. The predicted octanol–water partition coefficient (Wildman–Crippen LogP) is 3.99. The number of methoxy groups -OCH3 is 1. The van der Waals surface area contributed by atoms with Crippen LogP contribution in [-0.2, 0) is 4.74 Å². The van der Waals surface area contributed by atoms with Crippen molar-refractivity contribution in [2.45, 2.75) is 26.6 Å². The lowest BCUT2D eigenvalue weighted by Crippen LogP contribution is -2.15. The second-order valence-electron chi connectivity index (χ2n) is 4.72. The average molecular weight is 268 g/mol. The van der Waals surface area contributed by atoms with Gasteiger partial charge in [0.25, 0.3) is 0 Å². The first-order chi connectivity index (χ1) is 7.98. The van der Waals surface area contributed by atoms with Crippen molar-refractivity contribution >= 4 is 21.0 Å². The summed E-state index contributed by atoms with van der Waals surface area (Å²) < 4.78 is 11.2. The van der Waals surface area contributed by atoms with Crippen LogP contribution in [-0.4, -0.2) is 26.9 Å². The molecular weight excluding hydrogens is 247 g/mol. The van der Waals surface area contributed by atoms with Gasteiger partial charge >= 0.3 is 0 Å². The fourth-order valence-electron chi connectivity index (χ4n) is 1.43. The minimum absolute atomic E-state index is 0.699. The number of para-hydroxylation sites is 1. The first-order valence-electron chi connectivity index (χ1n) is 5.84. The van der Waals surface area contributed by atoms with Crippen molar-refractivity contribution in [3.05, 3.63) is 29.8 Å². The van der Waals surface area contributed by atoms with Crippen LogP contribution in [0, 0.1) is 0 Å². The Morgan fingerprint density at radius 3 is 2.41 bits per heavy atom. The largest absolute Gasteiger partial charge is 0.496 e. The van der Waals surface area contributed by atoms with Crippen LogP contribution in [0.25, 0.3) is 0 Å². The van der Waals surface area contributed by atoms with E-state index in [0.29, 0.717) is 6.61 Å². The lowest BCUT2D eigenvalue weighted by atomic mass is 10.2. The molecule has 0 fully saturated rings. The third-order valence-electron chi connectivity index (χ3n) is 2.06. The number of hydrogen-bond acceptors (Lipinski definition) is 2. The van der Waals surface area contributed by atoms with Gasteiger partial charge in [-0.25, -0.2) is 0 Å². The molecule has 0 radical (unpaired) electrons. The average Bonchev–Trinajstić information content (AvgIpc) is 2.27. The zero-order chi connectivity index (χ0) is 12.9. The highest BCUT2D eigenvalue weighted by Gasteiger charge is 2.16. The van der Waals surface area contributed by atoms with Crippen LogP contribution in [0.1, 0.15) is 12.5 Å². The van der Waals surface area contributed by atoms with Crippen LogP contribution in [0.4, 0.5) is 0 Å². The molecule has 1 rings (SSSR count). The SMILES string of the molecule is CCOC(=P[Si](C)(C)C)c1ccccc1OC. The highest BCUT2D eigenvalue weighted by Crippen LogP contribution is 2.27. The monoisotopic (exact) mass is 268 g/mol. The van der Waals surface area contributed by atoms with Crippen molar-refractivity contribution in [3.8, 4) is 5.75 Å². The number of ether oxygens (including phenoxy) is 2. The Bertz CT molecular complexity index is 397. The van der Waals surface area contributed by atoms with E-state index in [9.17, 15) is 0 Å². The van der Waals surface area contributed by atoms with Crippen molar-refractivity contribution in [1.82, 2.24) is 0 Å². The molecule has 0 N–H and O–H groups in total. The van der Waals surface area contributed by atoms with E-state index >= 15 is 0 Å². The summed E-state index contributed by atoms with van der Waals surface area (Å²) in [5.74, 6) is 0.890. The highest BCUT2D eigenvalue weighted by molar-refractivity contribution is 7.81. The van der Waals surface area contributed by atoms with Crippen LogP contribution in [0.15, 0.2) is 24.3 Å². The summed E-state index contributed by atoms with van der Waals surface area (Å²) in [4.78, 5) is 0. The summed E-state index contributed by atoms with van der Waals surface area (Å²) in [5, 5.41) is 0. The molecular formula is C13H21O2PSi. The quantitative estimate of drug-likeness (QED) is 0.594. The van der Waals surface area contributed by atoms with Crippen LogP contribution in [0.2, 0.25) is 19.6 Å². The zero-order valence-corrected chi connectivity index (χ0v) is 13.2. The van der Waals surface area contributed by atoms with Gasteiger partial charge in [-0.15, -0.1) is 0 Å². The molecule has 1 aromatic rings. The van der Waals surface area contributed by atoms with Crippen LogP contribution < -0.4 is 4.74 Å². The Morgan fingerprint density at radius 1 is 1.24 bits per heavy atom. The fraction of sp³-hybridized carbons (Fsp3) is 0.462. The van der Waals surface area contributed by atoms with Crippen LogP contribution in [0.5, 0.6) is 5.75 Å². The predicted molar refractivity (Wildman–Crippen MR) is 79.0 cm³/mol. The molecule has 0 amide bonds. The molecule has 4 heteroatoms. The molecule has 0 spiro atoms. The van der Waals surface area contributed by atoms with E-state index in [1.54, 1.807) is 7.11 Å². The third kappa shape index (κ3) is 4.62. The summed E-state index contributed by atoms with van der Waals surface area (Å²) in [5.41, 5.74) is 2.13. The molecule has 0 aliphatic carbocycles. The van der Waals surface area contributed by atoms with Crippen molar-refractivity contribution in [3.63, 3.8) is 0 Å². The summed E-state index contributed by atoms with van der Waals surface area (Å²) in [7, 11) is 1.80. The van der Waals surface area contributed by atoms with Gasteiger partial charge in [-0.2, -0.15) is 0 Å². The molecule has 0 saturated carbocycles. The summed E-state index contributed by atoms with van der Waals surface area (Å²) in [6.07, 6.45) is 0. The fourth-order valence-corrected chi connectivity index (χ4v) is 4.92. The molecule has 0 aromatic heterocycles. The molecule has 0 aliphatic rings. The number of hydrogen-bond donors (Lipinski definition) is 0. The molecule has 0 heterocycles. The maximum Gasteiger partial charge on any atom is 0.129 e. The summed E-state index contributed by atoms with van der Waals surface area (Å²) in [6, 6.07) is 8.05. The van der Waals surface area contributed by atoms with Crippen molar-refractivity contribution in [1.29, 1.82) is 0 Å². The third-order valence-corrected chi connectivity index (χ3v) is 5.92. The summed E-state index contributed by atoms with van der Waals surface area (Å²) >= 11 is 0. The Hall–Kier alpha value is -0.633. The molecule has 0 aliphatic heterocycles. The molecule has 0 unspecified atom stereocenters. The van der Waals surface area contributed by atoms with Crippen molar-refractivity contribution in [2.24, 2.45) is 0 Å². The van der Waals surface area contributed by atoms with Crippen LogP contribution in [0.3, 0.4) is 0 Å². The zero-order valence-electron chi connectivity index (χ0n) is 11.3. The van der Waals surface area contributed by atoms with Gasteiger partial charge in [0.15, 0.2) is 0 Å². The minimum Gasteiger partial charge on any atom is -0.496 e. The van der Waals surface area contributed by atoms with Gasteiger partial charge in [0.1, 0.15) is 19.0 Å². The van der Waals surface area contributed by atoms with E-state index in [0.717, 1.165) is 16.8 Å². The Morgan fingerprint density at radius 2 is 1.88 bits per heavy atom. The van der Waals surface area contributed by atoms with Gasteiger partial charge in [-0.3, -0.25) is 0 Å². The maximum absolute atomic E-state index is 5.81. The van der Waals surface area contributed by atoms with Crippen molar-refractivity contribution < 1.29 is 9.47 Å². The molecule has 94 valence electrons. The van der Waals surface area contributed by atoms with E-state index in [-0.39, 0.29) is 0 Å². The molecule has 0 bridgehead atoms. The molecule has 17 heavy (non-hydrogen) atoms. The van der Waals surface area contributed by atoms with E-state index in [2.05, 4.69) is 25.7 Å². The maximum atomic E-state index is 5.81. The molecule has 0 saturated heterocycles. The van der Waals surface area contributed by atoms with Crippen LogP contribution >= 0.6 is 7.75 Å². The van der Waals surface area contributed by atoms with E-state index < -0.39 is 7.74 Å². The lowest BCUT2D eigenvalue weighted by Gasteiger charge is -2.15. The molecule has 0 atom stereocenters. The van der Waals surface area contributed by atoms with E-state index in [1.807, 2.05) is 25.1 Å². The Labute approximate surface area is 107 Å². The van der Waals surface area contributed by atoms with E-state index in [4.69, 9.17) is 9.47 Å². The smallest absolute Gasteiger partial charge is 0.129 e. The normalized spacial score (nSPS) is 12.6. The molecule has 1 aromatic carbocycles. The Balaban J connectivity index is 3.18. The first kappa shape index (κ1) is 14.4.